The number of sulfonamides is 1. The Morgan fingerprint density at radius 3 is 2.64 bits per heavy atom. The van der Waals surface area contributed by atoms with Gasteiger partial charge in [-0.15, -0.1) is 0 Å². The third-order valence-corrected chi connectivity index (χ3v) is 5.37. The standard InChI is InChI=1S/C12H14ClN3O4S2/c13-8-1-3-9(4-2-8)22(19,20)16-10(7-17)11(18)15-12-14-5-6-21-12/h1-4,10,16-17H,5-7H2,(H,14,15,18)/t10-/m0/s1. The van der Waals surface area contributed by atoms with E-state index in [0.29, 0.717) is 16.7 Å². The van der Waals surface area contributed by atoms with E-state index in [4.69, 9.17) is 11.6 Å². The summed E-state index contributed by atoms with van der Waals surface area (Å²) in [5.41, 5.74) is 0. The molecule has 1 aliphatic heterocycles. The van der Waals surface area contributed by atoms with Gasteiger partial charge in [0.1, 0.15) is 6.04 Å². The Hall–Kier alpha value is -1.13. The van der Waals surface area contributed by atoms with Crippen molar-refractivity contribution in [3.05, 3.63) is 29.3 Å². The van der Waals surface area contributed by atoms with Crippen molar-refractivity contribution in [2.45, 2.75) is 10.9 Å². The second-order valence-electron chi connectivity index (χ2n) is 4.33. The van der Waals surface area contributed by atoms with Gasteiger partial charge in [-0.1, -0.05) is 23.4 Å². The number of nitrogens with one attached hydrogen (secondary N) is 2. The molecule has 120 valence electrons. The summed E-state index contributed by atoms with van der Waals surface area (Å²) >= 11 is 7.06. The molecule has 0 spiro atoms. The smallest absolute Gasteiger partial charge is 0.246 e. The molecule has 0 unspecified atom stereocenters. The molecule has 0 aliphatic carbocycles. The third kappa shape index (κ3) is 4.43. The van der Waals surface area contributed by atoms with Crippen LogP contribution >= 0.6 is 23.4 Å². The molecule has 3 N–H and O–H groups in total. The molecule has 0 aromatic heterocycles. The van der Waals surface area contributed by atoms with Crippen LogP contribution in [0.3, 0.4) is 0 Å². The van der Waals surface area contributed by atoms with Gasteiger partial charge in [-0.25, -0.2) is 8.42 Å². The predicted molar refractivity (Wildman–Crippen MR) is 85.6 cm³/mol. The zero-order valence-corrected chi connectivity index (χ0v) is 13.7. The van der Waals surface area contributed by atoms with Gasteiger partial charge < -0.3 is 10.4 Å². The maximum atomic E-state index is 12.2. The number of rotatable bonds is 5. The normalized spacial score (nSPS) is 16.2. The Bertz CT molecular complexity index is 676. The van der Waals surface area contributed by atoms with Crippen LogP contribution in [0.15, 0.2) is 34.2 Å². The summed E-state index contributed by atoms with van der Waals surface area (Å²) in [5.74, 6) is 0.101. The number of aliphatic hydroxyl groups excluding tert-OH is 1. The van der Waals surface area contributed by atoms with Crippen molar-refractivity contribution < 1.29 is 18.3 Å². The quantitative estimate of drug-likeness (QED) is 0.692. The van der Waals surface area contributed by atoms with Gasteiger partial charge in [0.2, 0.25) is 15.9 Å². The number of carbonyl (C=O) groups excluding carboxylic acids is 1. The van der Waals surface area contributed by atoms with Crippen LogP contribution in [-0.4, -0.2) is 49.5 Å². The van der Waals surface area contributed by atoms with E-state index in [1.54, 1.807) is 0 Å². The fourth-order valence-corrected chi connectivity index (χ4v) is 3.69. The molecular formula is C12H14ClN3O4S2. The lowest BCUT2D eigenvalue weighted by molar-refractivity contribution is -0.122. The molecule has 0 saturated heterocycles. The first kappa shape index (κ1) is 17.2. The first-order valence-electron chi connectivity index (χ1n) is 6.29. The number of amides is 1. The van der Waals surface area contributed by atoms with Gasteiger partial charge in [-0.2, -0.15) is 4.72 Å². The van der Waals surface area contributed by atoms with Gasteiger partial charge in [0.05, 0.1) is 18.0 Å². The Kier molecular flexibility index (Phi) is 5.81. The topological polar surface area (TPSA) is 108 Å². The van der Waals surface area contributed by atoms with Gasteiger partial charge >= 0.3 is 0 Å². The number of hydrogen-bond acceptors (Lipinski definition) is 6. The number of aliphatic hydroxyl groups is 1. The summed E-state index contributed by atoms with van der Waals surface area (Å²) in [5, 5.41) is 12.6. The van der Waals surface area contributed by atoms with Crippen molar-refractivity contribution in [1.29, 1.82) is 0 Å². The van der Waals surface area contributed by atoms with E-state index in [0.717, 1.165) is 5.75 Å². The molecule has 2 rings (SSSR count). The highest BCUT2D eigenvalue weighted by atomic mass is 35.5. The predicted octanol–water partition coefficient (Wildman–Crippen LogP) is 0.198. The highest BCUT2D eigenvalue weighted by molar-refractivity contribution is 8.14. The van der Waals surface area contributed by atoms with E-state index in [-0.39, 0.29) is 4.90 Å². The second kappa shape index (κ2) is 7.42. The molecule has 1 amide bonds. The number of carbonyl (C=O) groups is 1. The minimum Gasteiger partial charge on any atom is -0.394 e. The van der Waals surface area contributed by atoms with E-state index >= 15 is 0 Å². The minimum absolute atomic E-state index is 0.0456. The maximum absolute atomic E-state index is 12.2. The van der Waals surface area contributed by atoms with E-state index in [9.17, 15) is 18.3 Å². The molecule has 1 aliphatic rings. The van der Waals surface area contributed by atoms with Crippen LogP contribution in [0.4, 0.5) is 0 Å². The Labute approximate surface area is 137 Å². The first-order chi connectivity index (χ1) is 10.4. The van der Waals surface area contributed by atoms with E-state index < -0.39 is 28.6 Å². The summed E-state index contributed by atoms with van der Waals surface area (Å²) in [6.45, 7) is -0.0722. The molecule has 22 heavy (non-hydrogen) atoms. The van der Waals surface area contributed by atoms with Crippen LogP contribution in [0.25, 0.3) is 0 Å². The summed E-state index contributed by atoms with van der Waals surface area (Å²) in [7, 11) is -3.94. The fraction of sp³-hybridized carbons (Fsp3) is 0.333. The Morgan fingerprint density at radius 2 is 2.09 bits per heavy atom. The number of nitrogens with zero attached hydrogens (tertiary/aromatic N) is 1. The Balaban J connectivity index is 2.07. The monoisotopic (exact) mass is 363 g/mol. The number of benzene rings is 1. The molecule has 1 aromatic rings. The van der Waals surface area contributed by atoms with Crippen LogP contribution in [-0.2, 0) is 14.8 Å². The van der Waals surface area contributed by atoms with Crippen molar-refractivity contribution in [1.82, 2.24) is 10.0 Å². The highest BCUT2D eigenvalue weighted by Crippen LogP contribution is 2.14. The lowest BCUT2D eigenvalue weighted by Crippen LogP contribution is -2.49. The van der Waals surface area contributed by atoms with Gasteiger partial charge in [0.15, 0.2) is 5.17 Å². The van der Waals surface area contributed by atoms with Crippen LogP contribution in [0.5, 0.6) is 0 Å². The maximum Gasteiger partial charge on any atom is 0.246 e. The first-order valence-corrected chi connectivity index (χ1v) is 9.14. The van der Waals surface area contributed by atoms with Gasteiger partial charge in [-0.3, -0.25) is 9.79 Å². The SMILES string of the molecule is O=C(NC1=NCCS1)[C@H](CO)NS(=O)(=O)c1ccc(Cl)cc1. The van der Waals surface area contributed by atoms with Gasteiger partial charge in [0.25, 0.3) is 0 Å². The van der Waals surface area contributed by atoms with Crippen molar-refractivity contribution in [2.24, 2.45) is 4.99 Å². The molecular weight excluding hydrogens is 350 g/mol. The number of aliphatic imine (C=N–C) groups is 1. The molecule has 1 aromatic carbocycles. The molecule has 7 nitrogen and oxygen atoms in total. The van der Waals surface area contributed by atoms with Gasteiger partial charge in [-0.05, 0) is 24.3 Å². The van der Waals surface area contributed by atoms with Crippen LogP contribution in [0.2, 0.25) is 5.02 Å². The number of amidine groups is 1. The fourth-order valence-electron chi connectivity index (χ4n) is 1.65. The van der Waals surface area contributed by atoms with Gasteiger partial charge in [0, 0.05) is 10.8 Å². The lowest BCUT2D eigenvalue weighted by Gasteiger charge is -2.16. The third-order valence-electron chi connectivity index (χ3n) is 2.74. The molecule has 0 bridgehead atoms. The molecule has 1 atom stereocenters. The van der Waals surface area contributed by atoms with E-state index in [1.807, 2.05) is 0 Å². The van der Waals surface area contributed by atoms with Crippen LogP contribution < -0.4 is 10.0 Å². The zero-order chi connectivity index (χ0) is 16.2. The molecule has 10 heteroatoms. The average Bonchev–Trinajstić information content (AvgIpc) is 2.98. The number of hydrogen-bond donors (Lipinski definition) is 3. The van der Waals surface area contributed by atoms with Crippen molar-refractivity contribution >= 4 is 44.5 Å². The van der Waals surface area contributed by atoms with Crippen molar-refractivity contribution in [2.75, 3.05) is 18.9 Å². The summed E-state index contributed by atoms with van der Waals surface area (Å²) in [4.78, 5) is 16.0. The van der Waals surface area contributed by atoms with E-state index in [2.05, 4.69) is 15.0 Å². The van der Waals surface area contributed by atoms with Crippen LogP contribution in [0.1, 0.15) is 0 Å². The summed E-state index contributed by atoms with van der Waals surface area (Å²) in [6.07, 6.45) is 0. The highest BCUT2D eigenvalue weighted by Gasteiger charge is 2.26. The van der Waals surface area contributed by atoms with Crippen molar-refractivity contribution in [3.8, 4) is 0 Å². The van der Waals surface area contributed by atoms with E-state index in [1.165, 1.54) is 36.0 Å². The largest absolute Gasteiger partial charge is 0.394 e. The molecule has 0 fully saturated rings. The number of halogens is 1. The average molecular weight is 364 g/mol. The minimum atomic E-state index is -3.94. The van der Waals surface area contributed by atoms with Crippen LogP contribution in [0, 0.1) is 0 Å². The lowest BCUT2D eigenvalue weighted by atomic mass is 10.3. The summed E-state index contributed by atoms with van der Waals surface area (Å²) < 4.78 is 26.5. The molecule has 1 heterocycles. The molecule has 0 saturated carbocycles. The second-order valence-corrected chi connectivity index (χ2v) is 7.57. The Morgan fingerprint density at radius 1 is 1.41 bits per heavy atom. The zero-order valence-electron chi connectivity index (χ0n) is 11.3. The number of thioether (sulfide) groups is 1. The van der Waals surface area contributed by atoms with Crippen molar-refractivity contribution in [3.63, 3.8) is 0 Å². The summed E-state index contributed by atoms with van der Waals surface area (Å²) in [6, 6.07) is 4.17. The molecule has 0 radical (unpaired) electrons.